The van der Waals surface area contributed by atoms with Crippen LogP contribution in [0.4, 0.5) is 4.79 Å². The number of rotatable bonds is 5. The van der Waals surface area contributed by atoms with Gasteiger partial charge in [0.05, 0.1) is 22.1 Å². The molecule has 2 amide bonds. The molecule has 0 bridgehead atoms. The van der Waals surface area contributed by atoms with Gasteiger partial charge in [0.1, 0.15) is 6.04 Å². The normalized spacial score (nSPS) is 20.5. The van der Waals surface area contributed by atoms with Crippen LogP contribution in [0.25, 0.3) is 10.9 Å². The summed E-state index contributed by atoms with van der Waals surface area (Å²) in [5, 5.41) is 13.4. The molecule has 1 spiro atoms. The third-order valence-corrected chi connectivity index (χ3v) is 9.40. The number of hydrogen-bond acceptors (Lipinski definition) is 5. The highest BCUT2D eigenvalue weighted by atomic mass is 32.2. The SMILES string of the molecule is C[C@@H](NC(=O)[C@@H]1CC2(CCCCC2)CN1C(=O)O)c1cc2cnccc2n1S(=O)(=O)c1ccccc1. The van der Waals surface area contributed by atoms with Gasteiger partial charge in [-0.15, -0.1) is 0 Å². The monoisotopic (exact) mass is 510 g/mol. The van der Waals surface area contributed by atoms with Gasteiger partial charge in [-0.05, 0) is 55.9 Å². The number of fused-ring (bicyclic) bond motifs is 1. The molecule has 1 aliphatic heterocycles. The van der Waals surface area contributed by atoms with Crippen molar-refractivity contribution >= 4 is 32.9 Å². The van der Waals surface area contributed by atoms with Gasteiger partial charge in [0.25, 0.3) is 10.0 Å². The minimum absolute atomic E-state index is 0.131. The van der Waals surface area contributed by atoms with Gasteiger partial charge >= 0.3 is 6.09 Å². The third kappa shape index (κ3) is 4.23. The summed E-state index contributed by atoms with van der Waals surface area (Å²) >= 11 is 0. The summed E-state index contributed by atoms with van der Waals surface area (Å²) in [7, 11) is -3.97. The molecule has 2 atom stereocenters. The third-order valence-electron chi connectivity index (χ3n) is 7.64. The van der Waals surface area contributed by atoms with Crippen LogP contribution in [0.1, 0.15) is 57.2 Å². The molecule has 1 saturated heterocycles. The molecule has 3 aromatic rings. The zero-order valence-corrected chi connectivity index (χ0v) is 20.9. The van der Waals surface area contributed by atoms with Gasteiger partial charge in [0.15, 0.2) is 0 Å². The molecule has 0 unspecified atom stereocenters. The second kappa shape index (κ2) is 9.24. The smallest absolute Gasteiger partial charge is 0.407 e. The van der Waals surface area contributed by atoms with E-state index in [2.05, 4.69) is 10.3 Å². The number of nitrogens with one attached hydrogen (secondary N) is 1. The Morgan fingerprint density at radius 1 is 1.14 bits per heavy atom. The van der Waals surface area contributed by atoms with Crippen molar-refractivity contribution in [2.75, 3.05) is 6.54 Å². The average molecular weight is 511 g/mol. The van der Waals surface area contributed by atoms with E-state index in [9.17, 15) is 23.1 Å². The number of carbonyl (C=O) groups is 2. The lowest BCUT2D eigenvalue weighted by atomic mass is 9.72. The van der Waals surface area contributed by atoms with Crippen LogP contribution < -0.4 is 5.32 Å². The van der Waals surface area contributed by atoms with E-state index in [-0.39, 0.29) is 10.3 Å². The predicted molar refractivity (Wildman–Crippen MR) is 134 cm³/mol. The molecule has 2 fully saturated rings. The predicted octanol–water partition coefficient (Wildman–Crippen LogP) is 4.15. The topological polar surface area (TPSA) is 122 Å². The molecule has 1 aromatic carbocycles. The van der Waals surface area contributed by atoms with Crippen molar-refractivity contribution in [1.82, 2.24) is 19.2 Å². The number of likely N-dealkylation sites (tertiary alicyclic amines) is 1. The number of aromatic nitrogens is 2. The highest BCUT2D eigenvalue weighted by molar-refractivity contribution is 7.90. The maximum absolute atomic E-state index is 13.7. The maximum atomic E-state index is 13.7. The molecule has 9 nitrogen and oxygen atoms in total. The summed E-state index contributed by atoms with van der Waals surface area (Å²) in [4.78, 5) is 30.9. The van der Waals surface area contributed by atoms with E-state index in [1.807, 2.05) is 0 Å². The van der Waals surface area contributed by atoms with Crippen LogP contribution in [0.5, 0.6) is 0 Å². The van der Waals surface area contributed by atoms with Crippen LogP contribution in [0.2, 0.25) is 0 Å². The number of hydrogen-bond donors (Lipinski definition) is 2. The highest BCUT2D eigenvalue weighted by Gasteiger charge is 2.49. The van der Waals surface area contributed by atoms with Crippen molar-refractivity contribution in [2.24, 2.45) is 5.41 Å². The number of benzene rings is 1. The number of pyridine rings is 1. The van der Waals surface area contributed by atoms with Crippen molar-refractivity contribution in [3.8, 4) is 0 Å². The summed E-state index contributed by atoms with van der Waals surface area (Å²) < 4.78 is 28.6. The highest BCUT2D eigenvalue weighted by Crippen LogP contribution is 2.46. The fourth-order valence-electron chi connectivity index (χ4n) is 5.86. The number of carboxylic acid groups (broad SMARTS) is 1. The van der Waals surface area contributed by atoms with Crippen molar-refractivity contribution in [2.45, 2.75) is 62.4 Å². The first-order valence-corrected chi connectivity index (χ1v) is 13.7. The van der Waals surface area contributed by atoms with Crippen LogP contribution in [-0.2, 0) is 14.8 Å². The molecule has 5 rings (SSSR count). The van der Waals surface area contributed by atoms with E-state index >= 15 is 0 Å². The number of amides is 2. The molecule has 1 saturated carbocycles. The molecule has 3 heterocycles. The molecule has 2 N–H and O–H groups in total. The van der Waals surface area contributed by atoms with Gasteiger partial charge in [0.2, 0.25) is 5.91 Å². The van der Waals surface area contributed by atoms with Crippen LogP contribution in [0.15, 0.2) is 59.8 Å². The summed E-state index contributed by atoms with van der Waals surface area (Å²) in [5.41, 5.74) is 0.681. The fraction of sp³-hybridized carbons (Fsp3) is 0.423. The van der Waals surface area contributed by atoms with Gasteiger partial charge in [-0.1, -0.05) is 37.5 Å². The number of carbonyl (C=O) groups excluding carboxylic acids is 1. The maximum Gasteiger partial charge on any atom is 0.407 e. The van der Waals surface area contributed by atoms with Gasteiger partial charge in [0, 0.05) is 24.3 Å². The summed E-state index contributed by atoms with van der Waals surface area (Å²) in [6.07, 6.45) is 7.58. The van der Waals surface area contributed by atoms with Gasteiger partial charge < -0.3 is 10.4 Å². The Morgan fingerprint density at radius 3 is 2.56 bits per heavy atom. The molecule has 190 valence electrons. The molecule has 2 aromatic heterocycles. The molecule has 1 aliphatic carbocycles. The minimum atomic E-state index is -3.97. The first-order valence-electron chi connectivity index (χ1n) is 12.3. The van der Waals surface area contributed by atoms with E-state index < -0.39 is 34.1 Å². The Labute approximate surface area is 210 Å². The van der Waals surface area contributed by atoms with Gasteiger partial charge in [-0.2, -0.15) is 0 Å². The van der Waals surface area contributed by atoms with Crippen molar-refractivity contribution < 1.29 is 23.1 Å². The average Bonchev–Trinajstić information content (AvgIpc) is 3.45. The fourth-order valence-corrected chi connectivity index (χ4v) is 7.48. The lowest BCUT2D eigenvalue weighted by Crippen LogP contribution is -2.46. The van der Waals surface area contributed by atoms with E-state index in [4.69, 9.17) is 0 Å². The van der Waals surface area contributed by atoms with Crippen LogP contribution >= 0.6 is 0 Å². The molecular formula is C26H30N4O5S. The second-order valence-corrected chi connectivity index (χ2v) is 11.8. The van der Waals surface area contributed by atoms with E-state index in [1.165, 1.54) is 27.2 Å². The van der Waals surface area contributed by atoms with Crippen LogP contribution in [-0.4, -0.2) is 52.0 Å². The zero-order chi connectivity index (χ0) is 25.5. The van der Waals surface area contributed by atoms with E-state index in [1.54, 1.807) is 43.5 Å². The second-order valence-electron chi connectivity index (χ2n) is 10.0. The van der Waals surface area contributed by atoms with Crippen molar-refractivity contribution in [1.29, 1.82) is 0 Å². The Morgan fingerprint density at radius 2 is 1.86 bits per heavy atom. The van der Waals surface area contributed by atoms with Crippen molar-refractivity contribution in [3.05, 3.63) is 60.6 Å². The summed E-state index contributed by atoms with van der Waals surface area (Å²) in [6, 6.07) is 9.97. The zero-order valence-electron chi connectivity index (χ0n) is 20.1. The Bertz CT molecular complexity index is 1400. The summed E-state index contributed by atoms with van der Waals surface area (Å²) in [5.74, 6) is -0.403. The summed E-state index contributed by atoms with van der Waals surface area (Å²) in [6.45, 7) is 2.08. The number of nitrogens with zero attached hydrogens (tertiary/aromatic N) is 3. The standard InChI is InChI=1S/C26H30N4O5S/c1-18(28-24(31)23-15-26(11-6-3-7-12-26)17-29(23)25(32)33)22-14-19-16-27-13-10-21(19)30(22)36(34,35)20-8-4-2-5-9-20/h2,4-5,8-10,13-14,16,18,23H,3,6-7,11-12,15,17H2,1H3,(H,28,31)(H,32,33)/t18-,23+/m1/s1. The van der Waals surface area contributed by atoms with Crippen LogP contribution in [0, 0.1) is 5.41 Å². The van der Waals surface area contributed by atoms with E-state index in [0.29, 0.717) is 29.6 Å². The first kappa shape index (κ1) is 24.3. The van der Waals surface area contributed by atoms with E-state index in [0.717, 1.165) is 32.1 Å². The Kier molecular flexibility index (Phi) is 6.23. The quantitative estimate of drug-likeness (QED) is 0.532. The molecular weight excluding hydrogens is 480 g/mol. The Hall–Kier alpha value is -3.40. The Balaban J connectivity index is 1.47. The molecule has 0 radical (unpaired) electrons. The lowest BCUT2D eigenvalue weighted by molar-refractivity contribution is -0.125. The molecule has 36 heavy (non-hydrogen) atoms. The largest absolute Gasteiger partial charge is 0.465 e. The molecule has 2 aliphatic rings. The van der Waals surface area contributed by atoms with Crippen molar-refractivity contribution in [3.63, 3.8) is 0 Å². The lowest BCUT2D eigenvalue weighted by Gasteiger charge is -2.32. The van der Waals surface area contributed by atoms with Gasteiger partial charge in [-0.25, -0.2) is 17.2 Å². The molecule has 10 heteroatoms. The first-order chi connectivity index (χ1) is 17.2. The minimum Gasteiger partial charge on any atom is -0.465 e. The van der Waals surface area contributed by atoms with Crippen LogP contribution in [0.3, 0.4) is 0 Å². The van der Waals surface area contributed by atoms with Gasteiger partial charge in [-0.3, -0.25) is 14.7 Å².